The van der Waals surface area contributed by atoms with E-state index in [1.165, 1.54) is 7.11 Å². The molecule has 0 saturated heterocycles. The maximum Gasteiger partial charge on any atom is 0.343 e. The van der Waals surface area contributed by atoms with Gasteiger partial charge in [0.05, 0.1) is 7.11 Å². The van der Waals surface area contributed by atoms with Gasteiger partial charge in [-0.1, -0.05) is 42.5 Å². The van der Waals surface area contributed by atoms with Gasteiger partial charge in [0.2, 0.25) is 0 Å². The summed E-state index contributed by atoms with van der Waals surface area (Å²) in [4.78, 5) is 11.4. The summed E-state index contributed by atoms with van der Waals surface area (Å²) in [7, 11) is 1.33. The van der Waals surface area contributed by atoms with E-state index in [0.29, 0.717) is 37.1 Å². The highest BCUT2D eigenvalue weighted by Crippen LogP contribution is 2.26. The van der Waals surface area contributed by atoms with Crippen LogP contribution in [0.2, 0.25) is 0 Å². The van der Waals surface area contributed by atoms with E-state index in [-0.39, 0.29) is 6.61 Å². The highest BCUT2D eigenvalue weighted by molar-refractivity contribution is 5.71. The Morgan fingerprint density at radius 2 is 1.39 bits per heavy atom. The lowest BCUT2D eigenvalue weighted by molar-refractivity contribution is -0.142. The van der Waals surface area contributed by atoms with Crippen molar-refractivity contribution in [1.82, 2.24) is 0 Å². The van der Waals surface area contributed by atoms with Crippen LogP contribution in [0.5, 0.6) is 23.0 Å². The van der Waals surface area contributed by atoms with E-state index in [2.05, 4.69) is 4.74 Å². The number of rotatable bonds is 11. The Kier molecular flexibility index (Phi) is 8.17. The maximum absolute atomic E-state index is 11.4. The largest absolute Gasteiger partial charge is 0.490 e. The predicted molar refractivity (Wildman–Crippen MR) is 117 cm³/mol. The van der Waals surface area contributed by atoms with Crippen molar-refractivity contribution >= 4 is 5.97 Å². The first-order valence-electron chi connectivity index (χ1n) is 9.97. The summed E-state index contributed by atoms with van der Waals surface area (Å²) in [6, 6.07) is 22.8. The lowest BCUT2D eigenvalue weighted by atomic mass is 10.1. The molecule has 0 heterocycles. The van der Waals surface area contributed by atoms with Crippen LogP contribution in [0.4, 0.5) is 0 Å². The molecule has 3 rings (SSSR count). The summed E-state index contributed by atoms with van der Waals surface area (Å²) in [5, 5.41) is 0. The minimum Gasteiger partial charge on any atom is -0.490 e. The first-order valence-corrected chi connectivity index (χ1v) is 9.97. The number of hydrogen-bond acceptors (Lipinski definition) is 6. The molecule has 0 radical (unpaired) electrons. The highest BCUT2D eigenvalue weighted by atomic mass is 16.6. The molecule has 3 aromatic rings. The quantitative estimate of drug-likeness (QED) is 0.333. The highest BCUT2D eigenvalue weighted by Gasteiger charge is 2.11. The number of esters is 1. The van der Waals surface area contributed by atoms with Gasteiger partial charge in [0.1, 0.15) is 42.8 Å². The van der Waals surface area contributed by atoms with Gasteiger partial charge in [-0.3, -0.25) is 0 Å². The van der Waals surface area contributed by atoms with Crippen LogP contribution >= 0.6 is 0 Å². The molecule has 0 aliphatic heterocycles. The number of carbonyl (C=O) groups is 1. The van der Waals surface area contributed by atoms with Crippen LogP contribution in [0.15, 0.2) is 72.8 Å². The van der Waals surface area contributed by atoms with Crippen molar-refractivity contribution in [3.8, 4) is 23.0 Å². The van der Waals surface area contributed by atoms with Gasteiger partial charge in [0, 0.05) is 11.6 Å². The Morgan fingerprint density at radius 3 is 2.13 bits per heavy atom. The maximum atomic E-state index is 11.4. The Bertz CT molecular complexity index is 971. The molecule has 162 valence electrons. The standard InChI is InChI=1S/C25H26O6/c1-19-8-6-9-20(25(19)31-18-24(26)27-2)17-30-23-13-7-12-22(16-23)29-15-14-28-21-10-4-3-5-11-21/h3-13,16H,14-15,17-18H2,1-2H3. The van der Waals surface area contributed by atoms with Gasteiger partial charge < -0.3 is 23.7 Å². The summed E-state index contributed by atoms with van der Waals surface area (Å²) in [5.74, 6) is 2.36. The normalized spacial score (nSPS) is 10.3. The lowest BCUT2D eigenvalue weighted by Gasteiger charge is -2.15. The van der Waals surface area contributed by atoms with Crippen LogP contribution in [-0.4, -0.2) is 32.9 Å². The van der Waals surface area contributed by atoms with Crippen molar-refractivity contribution in [3.63, 3.8) is 0 Å². The molecule has 0 atom stereocenters. The Balaban J connectivity index is 1.53. The van der Waals surface area contributed by atoms with Crippen molar-refractivity contribution < 1.29 is 28.5 Å². The number of aryl methyl sites for hydroxylation is 1. The zero-order valence-electron chi connectivity index (χ0n) is 17.7. The van der Waals surface area contributed by atoms with Gasteiger partial charge in [-0.05, 0) is 36.8 Å². The molecule has 0 amide bonds. The zero-order valence-corrected chi connectivity index (χ0v) is 17.7. The first kappa shape index (κ1) is 22.0. The van der Waals surface area contributed by atoms with Crippen LogP contribution < -0.4 is 18.9 Å². The van der Waals surface area contributed by atoms with Gasteiger partial charge in [-0.25, -0.2) is 4.79 Å². The number of benzene rings is 3. The smallest absolute Gasteiger partial charge is 0.343 e. The Labute approximate surface area is 182 Å². The monoisotopic (exact) mass is 422 g/mol. The second kappa shape index (κ2) is 11.5. The second-order valence-corrected chi connectivity index (χ2v) is 6.70. The minimum absolute atomic E-state index is 0.150. The van der Waals surface area contributed by atoms with E-state index in [0.717, 1.165) is 16.9 Å². The molecule has 0 aliphatic rings. The second-order valence-electron chi connectivity index (χ2n) is 6.70. The van der Waals surface area contributed by atoms with Crippen molar-refractivity contribution in [2.75, 3.05) is 26.9 Å². The average Bonchev–Trinajstić information content (AvgIpc) is 2.80. The molecule has 0 unspecified atom stereocenters. The van der Waals surface area contributed by atoms with Crippen molar-refractivity contribution in [1.29, 1.82) is 0 Å². The molecular formula is C25H26O6. The fourth-order valence-corrected chi connectivity index (χ4v) is 2.87. The summed E-state index contributed by atoms with van der Waals surface area (Å²) in [6.45, 7) is 2.92. The zero-order chi connectivity index (χ0) is 21.9. The number of carbonyl (C=O) groups excluding carboxylic acids is 1. The number of para-hydroxylation sites is 2. The van der Waals surface area contributed by atoms with Gasteiger partial charge in [-0.2, -0.15) is 0 Å². The van der Waals surface area contributed by atoms with E-state index in [9.17, 15) is 4.79 Å². The van der Waals surface area contributed by atoms with Crippen LogP contribution in [0, 0.1) is 6.92 Å². The molecule has 31 heavy (non-hydrogen) atoms. The van der Waals surface area contributed by atoms with E-state index in [4.69, 9.17) is 18.9 Å². The summed E-state index contributed by atoms with van der Waals surface area (Å²) < 4.78 is 27.6. The molecule has 3 aromatic carbocycles. The summed E-state index contributed by atoms with van der Waals surface area (Å²) >= 11 is 0. The van der Waals surface area contributed by atoms with Crippen LogP contribution in [0.25, 0.3) is 0 Å². The number of methoxy groups -OCH3 is 1. The number of hydrogen-bond donors (Lipinski definition) is 0. The number of ether oxygens (including phenoxy) is 5. The van der Waals surface area contributed by atoms with Crippen molar-refractivity contribution in [2.24, 2.45) is 0 Å². The fourth-order valence-electron chi connectivity index (χ4n) is 2.87. The van der Waals surface area contributed by atoms with Crippen LogP contribution in [0.3, 0.4) is 0 Å². The van der Waals surface area contributed by atoms with E-state index in [1.807, 2.05) is 79.7 Å². The Hall–Kier alpha value is -3.67. The van der Waals surface area contributed by atoms with Crippen molar-refractivity contribution in [3.05, 3.63) is 83.9 Å². The first-order chi connectivity index (χ1) is 15.2. The van der Waals surface area contributed by atoms with Gasteiger partial charge in [0.15, 0.2) is 6.61 Å². The van der Waals surface area contributed by atoms with Gasteiger partial charge in [0.25, 0.3) is 0 Å². The van der Waals surface area contributed by atoms with Crippen LogP contribution in [-0.2, 0) is 16.1 Å². The molecule has 0 aromatic heterocycles. The average molecular weight is 422 g/mol. The molecule has 0 spiro atoms. The molecule has 0 bridgehead atoms. The Morgan fingerprint density at radius 1 is 0.742 bits per heavy atom. The molecule has 0 fully saturated rings. The topological polar surface area (TPSA) is 63.2 Å². The summed E-state index contributed by atoms with van der Waals surface area (Å²) in [5.41, 5.74) is 1.76. The van der Waals surface area contributed by atoms with E-state index >= 15 is 0 Å². The third kappa shape index (κ3) is 6.96. The molecule has 0 N–H and O–H groups in total. The van der Waals surface area contributed by atoms with E-state index in [1.54, 1.807) is 0 Å². The van der Waals surface area contributed by atoms with Gasteiger partial charge in [-0.15, -0.1) is 0 Å². The SMILES string of the molecule is COC(=O)COc1c(C)cccc1COc1cccc(OCCOc2ccccc2)c1. The molecular weight excluding hydrogens is 396 g/mol. The predicted octanol–water partition coefficient (Wildman–Crippen LogP) is 4.58. The molecule has 0 aliphatic carbocycles. The molecule has 6 heteroatoms. The van der Waals surface area contributed by atoms with Crippen LogP contribution in [0.1, 0.15) is 11.1 Å². The van der Waals surface area contributed by atoms with Crippen molar-refractivity contribution in [2.45, 2.75) is 13.5 Å². The lowest BCUT2D eigenvalue weighted by Crippen LogP contribution is -2.14. The summed E-state index contributed by atoms with van der Waals surface area (Å²) in [6.07, 6.45) is 0. The van der Waals surface area contributed by atoms with Gasteiger partial charge >= 0.3 is 5.97 Å². The van der Waals surface area contributed by atoms with E-state index < -0.39 is 5.97 Å². The third-order valence-corrected chi connectivity index (χ3v) is 4.42. The third-order valence-electron chi connectivity index (χ3n) is 4.42. The fraction of sp³-hybridized carbons (Fsp3) is 0.240. The molecule has 6 nitrogen and oxygen atoms in total. The molecule has 0 saturated carbocycles. The minimum atomic E-state index is -0.434.